The number of hydrogen-bond acceptors (Lipinski definition) is 5. The fraction of sp³-hybridized carbons (Fsp3) is 0.550. The van der Waals surface area contributed by atoms with Crippen molar-refractivity contribution < 1.29 is 18.4 Å². The van der Waals surface area contributed by atoms with Crippen LogP contribution in [0.2, 0.25) is 0 Å². The lowest BCUT2D eigenvalue weighted by molar-refractivity contribution is -0.141. The number of likely N-dealkylation sites (tertiary alicyclic amines) is 1. The Hall–Kier alpha value is -2.28. The van der Waals surface area contributed by atoms with Crippen LogP contribution >= 0.6 is 0 Å². The largest absolute Gasteiger partial charge is 0.381 e. The lowest BCUT2D eigenvalue weighted by Gasteiger charge is -2.32. The maximum absolute atomic E-state index is 13.1. The lowest BCUT2D eigenvalue weighted by Crippen LogP contribution is -2.41. The van der Waals surface area contributed by atoms with Crippen molar-refractivity contribution in [1.82, 2.24) is 15.0 Å². The molecule has 144 valence electrons. The van der Waals surface area contributed by atoms with Gasteiger partial charge in [0, 0.05) is 31.2 Å². The summed E-state index contributed by atoms with van der Waals surface area (Å²) in [5.74, 6) is 0.779. The van der Waals surface area contributed by atoms with Crippen molar-refractivity contribution in [3.05, 3.63) is 35.9 Å². The third-order valence-electron chi connectivity index (χ3n) is 5.44. The van der Waals surface area contributed by atoms with Crippen LogP contribution in [0.1, 0.15) is 50.4 Å². The predicted octanol–water partition coefficient (Wildman–Crippen LogP) is 3.75. The quantitative estimate of drug-likeness (QED) is 0.820. The number of carbonyl (C=O) groups is 1. The van der Waals surface area contributed by atoms with Crippen molar-refractivity contribution in [2.24, 2.45) is 5.92 Å². The molecule has 2 aromatic rings. The Kier molecular flexibility index (Phi) is 5.48. The molecule has 2 fully saturated rings. The molecular formula is C20H24FN3O3. The first-order valence-corrected chi connectivity index (χ1v) is 9.70. The first kappa shape index (κ1) is 18.1. The van der Waals surface area contributed by atoms with Gasteiger partial charge in [-0.05, 0) is 49.9 Å². The van der Waals surface area contributed by atoms with E-state index >= 15 is 0 Å². The average Bonchev–Trinajstić information content (AvgIpc) is 3.06. The van der Waals surface area contributed by atoms with Crippen molar-refractivity contribution >= 4 is 5.91 Å². The highest BCUT2D eigenvalue weighted by atomic mass is 19.1. The lowest BCUT2D eigenvalue weighted by atomic mass is 9.97. The molecule has 0 radical (unpaired) electrons. The van der Waals surface area contributed by atoms with E-state index in [-0.39, 0.29) is 23.7 Å². The summed E-state index contributed by atoms with van der Waals surface area (Å²) in [5.41, 5.74) is 0.672. The molecule has 1 amide bonds. The molecule has 0 spiro atoms. The monoisotopic (exact) mass is 373 g/mol. The molecule has 3 heterocycles. The standard InChI is InChI=1S/C20H24FN3O3/c21-16-7-5-14(6-8-16)19-22-18(23-27-19)17-4-2-1-3-11-24(17)20(25)15-9-12-26-13-10-15/h5-8,15,17H,1-4,9-13H2/t17-/m0/s1. The zero-order valence-corrected chi connectivity index (χ0v) is 15.3. The van der Waals surface area contributed by atoms with Gasteiger partial charge in [0.1, 0.15) is 5.82 Å². The second-order valence-corrected chi connectivity index (χ2v) is 7.25. The Balaban J connectivity index is 1.57. The van der Waals surface area contributed by atoms with E-state index in [2.05, 4.69) is 10.1 Å². The van der Waals surface area contributed by atoms with Crippen molar-refractivity contribution in [3.8, 4) is 11.5 Å². The van der Waals surface area contributed by atoms with Gasteiger partial charge in [-0.15, -0.1) is 0 Å². The molecule has 6 nitrogen and oxygen atoms in total. The van der Waals surface area contributed by atoms with Crippen LogP contribution in [0.15, 0.2) is 28.8 Å². The molecule has 0 saturated carbocycles. The molecular weight excluding hydrogens is 349 g/mol. The third-order valence-corrected chi connectivity index (χ3v) is 5.44. The van der Waals surface area contributed by atoms with Crippen LogP contribution in [0.25, 0.3) is 11.5 Å². The number of halogens is 1. The molecule has 1 atom stereocenters. The Morgan fingerprint density at radius 3 is 2.63 bits per heavy atom. The maximum atomic E-state index is 13.1. The summed E-state index contributed by atoms with van der Waals surface area (Å²) < 4.78 is 24.0. The SMILES string of the molecule is O=C(C1CCOCC1)N1CCCCC[C@H]1c1noc(-c2ccc(F)cc2)n1. The van der Waals surface area contributed by atoms with Crippen LogP contribution in [-0.2, 0) is 9.53 Å². The van der Waals surface area contributed by atoms with Gasteiger partial charge >= 0.3 is 0 Å². The van der Waals surface area contributed by atoms with E-state index in [1.54, 1.807) is 12.1 Å². The molecule has 1 aromatic carbocycles. The van der Waals surface area contributed by atoms with Gasteiger partial charge in [0.05, 0.1) is 6.04 Å². The van der Waals surface area contributed by atoms with Crippen LogP contribution in [-0.4, -0.2) is 40.7 Å². The average molecular weight is 373 g/mol. The van der Waals surface area contributed by atoms with Crippen LogP contribution in [0.4, 0.5) is 4.39 Å². The number of aromatic nitrogens is 2. The second-order valence-electron chi connectivity index (χ2n) is 7.25. The Labute approximate surface area is 157 Å². The van der Waals surface area contributed by atoms with E-state index in [1.807, 2.05) is 4.90 Å². The van der Waals surface area contributed by atoms with Gasteiger partial charge in [-0.1, -0.05) is 18.0 Å². The number of nitrogens with zero attached hydrogens (tertiary/aromatic N) is 3. The highest BCUT2D eigenvalue weighted by Crippen LogP contribution is 2.32. The molecule has 27 heavy (non-hydrogen) atoms. The van der Waals surface area contributed by atoms with Gasteiger partial charge in [-0.3, -0.25) is 4.79 Å². The molecule has 2 saturated heterocycles. The van der Waals surface area contributed by atoms with Crippen molar-refractivity contribution in [1.29, 1.82) is 0 Å². The van der Waals surface area contributed by atoms with Crippen molar-refractivity contribution in [2.75, 3.05) is 19.8 Å². The minimum Gasteiger partial charge on any atom is -0.381 e. The van der Waals surface area contributed by atoms with Crippen LogP contribution < -0.4 is 0 Å². The number of hydrogen-bond donors (Lipinski definition) is 0. The second kappa shape index (κ2) is 8.17. The number of amides is 1. The van der Waals surface area contributed by atoms with E-state index in [4.69, 9.17) is 9.26 Å². The third kappa shape index (κ3) is 4.03. The highest BCUT2D eigenvalue weighted by Gasteiger charge is 2.34. The topological polar surface area (TPSA) is 68.5 Å². The fourth-order valence-corrected chi connectivity index (χ4v) is 3.90. The molecule has 0 N–H and O–H groups in total. The molecule has 0 aliphatic carbocycles. The van der Waals surface area contributed by atoms with Gasteiger partial charge in [0.15, 0.2) is 5.82 Å². The Morgan fingerprint density at radius 2 is 1.85 bits per heavy atom. The summed E-state index contributed by atoms with van der Waals surface area (Å²) in [6, 6.07) is 5.80. The van der Waals surface area contributed by atoms with Crippen LogP contribution in [0.5, 0.6) is 0 Å². The molecule has 0 bridgehead atoms. The minimum absolute atomic E-state index is 0.0165. The van der Waals surface area contributed by atoms with E-state index in [0.29, 0.717) is 30.5 Å². The number of benzene rings is 1. The molecule has 0 unspecified atom stereocenters. The zero-order chi connectivity index (χ0) is 18.6. The van der Waals surface area contributed by atoms with Gasteiger partial charge in [-0.25, -0.2) is 4.39 Å². The van der Waals surface area contributed by atoms with Crippen LogP contribution in [0, 0.1) is 11.7 Å². The Bertz CT molecular complexity index is 771. The number of ether oxygens (including phenoxy) is 1. The van der Waals surface area contributed by atoms with E-state index in [1.165, 1.54) is 12.1 Å². The van der Waals surface area contributed by atoms with E-state index < -0.39 is 0 Å². The van der Waals surface area contributed by atoms with Gasteiger partial charge < -0.3 is 14.2 Å². The minimum atomic E-state index is -0.310. The molecule has 1 aromatic heterocycles. The highest BCUT2D eigenvalue weighted by molar-refractivity contribution is 5.79. The first-order valence-electron chi connectivity index (χ1n) is 9.70. The summed E-state index contributed by atoms with van der Waals surface area (Å²) >= 11 is 0. The molecule has 7 heteroatoms. The van der Waals surface area contributed by atoms with Crippen molar-refractivity contribution in [3.63, 3.8) is 0 Å². The van der Waals surface area contributed by atoms with Crippen molar-refractivity contribution in [2.45, 2.75) is 44.6 Å². The first-order chi connectivity index (χ1) is 13.2. The Morgan fingerprint density at radius 1 is 1.07 bits per heavy atom. The molecule has 2 aliphatic heterocycles. The molecule has 4 rings (SSSR count). The summed E-state index contributed by atoms with van der Waals surface area (Å²) in [4.78, 5) is 19.6. The van der Waals surface area contributed by atoms with Gasteiger partial charge in [-0.2, -0.15) is 4.98 Å². The fourth-order valence-electron chi connectivity index (χ4n) is 3.90. The normalized spacial score (nSPS) is 21.8. The zero-order valence-electron chi connectivity index (χ0n) is 15.3. The van der Waals surface area contributed by atoms with Gasteiger partial charge in [0.2, 0.25) is 5.91 Å². The number of carbonyl (C=O) groups excluding carboxylic acids is 1. The predicted molar refractivity (Wildman–Crippen MR) is 96.2 cm³/mol. The maximum Gasteiger partial charge on any atom is 0.258 e. The summed E-state index contributed by atoms with van der Waals surface area (Å²) in [5, 5.41) is 4.16. The summed E-state index contributed by atoms with van der Waals surface area (Å²) in [6.07, 6.45) is 5.50. The molecule has 2 aliphatic rings. The number of rotatable bonds is 3. The summed E-state index contributed by atoms with van der Waals surface area (Å²) in [6.45, 7) is 2.01. The van der Waals surface area contributed by atoms with E-state index in [9.17, 15) is 9.18 Å². The van der Waals surface area contributed by atoms with E-state index in [0.717, 1.165) is 45.1 Å². The van der Waals surface area contributed by atoms with Gasteiger partial charge in [0.25, 0.3) is 5.89 Å². The van der Waals surface area contributed by atoms with Crippen LogP contribution in [0.3, 0.4) is 0 Å². The smallest absolute Gasteiger partial charge is 0.258 e. The summed E-state index contributed by atoms with van der Waals surface area (Å²) in [7, 11) is 0.